The topological polar surface area (TPSA) is 118 Å². The second-order valence-corrected chi connectivity index (χ2v) is 8.51. The highest BCUT2D eigenvalue weighted by Crippen LogP contribution is 2.18. The average Bonchev–Trinajstić information content (AvgIpc) is 3.32. The van der Waals surface area contributed by atoms with E-state index >= 15 is 0 Å². The average molecular weight is 455 g/mol. The summed E-state index contributed by atoms with van der Waals surface area (Å²) in [6, 6.07) is 17.5. The number of esters is 1. The summed E-state index contributed by atoms with van der Waals surface area (Å²) >= 11 is 0. The standard InChI is InChI=1S/C22H21N3O6S/c1-30-22(27)18-11-9-17(10-12-18)14-23-24-21(26)16-25(15-19-6-5-13-31-19)32(28,29)20-7-3-2-4-8-20/h2-14H,15-16H2,1H3,(H,24,26)/b23-14-. The van der Waals surface area contributed by atoms with E-state index in [1.165, 1.54) is 31.7 Å². The Morgan fingerprint density at radius 3 is 2.41 bits per heavy atom. The number of furan rings is 1. The van der Waals surface area contributed by atoms with Gasteiger partial charge in [0.25, 0.3) is 5.91 Å². The fourth-order valence-electron chi connectivity index (χ4n) is 2.74. The molecule has 0 radical (unpaired) electrons. The van der Waals surface area contributed by atoms with Crippen LogP contribution in [0.4, 0.5) is 0 Å². The Morgan fingerprint density at radius 2 is 1.78 bits per heavy atom. The minimum absolute atomic E-state index is 0.0635. The third kappa shape index (κ3) is 5.90. The van der Waals surface area contributed by atoms with Gasteiger partial charge in [-0.05, 0) is 42.0 Å². The van der Waals surface area contributed by atoms with E-state index in [9.17, 15) is 18.0 Å². The van der Waals surface area contributed by atoms with E-state index in [1.54, 1.807) is 54.6 Å². The number of carbonyl (C=O) groups is 2. The predicted octanol–water partition coefficient (Wildman–Crippen LogP) is 2.41. The van der Waals surface area contributed by atoms with Crippen molar-refractivity contribution >= 4 is 28.1 Å². The third-order valence-electron chi connectivity index (χ3n) is 4.35. The number of hydrogen-bond acceptors (Lipinski definition) is 7. The van der Waals surface area contributed by atoms with E-state index in [0.717, 1.165) is 4.31 Å². The van der Waals surface area contributed by atoms with Crippen LogP contribution in [-0.4, -0.2) is 44.5 Å². The number of ether oxygens (including phenoxy) is 1. The second kappa shape index (κ2) is 10.5. The first-order valence-electron chi connectivity index (χ1n) is 9.48. The van der Waals surface area contributed by atoms with Gasteiger partial charge in [0.15, 0.2) is 0 Å². The molecule has 3 rings (SSSR count). The lowest BCUT2D eigenvalue weighted by molar-refractivity contribution is -0.121. The second-order valence-electron chi connectivity index (χ2n) is 6.57. The first-order chi connectivity index (χ1) is 15.4. The van der Waals surface area contributed by atoms with Crippen LogP contribution in [0.25, 0.3) is 0 Å². The van der Waals surface area contributed by atoms with E-state index in [-0.39, 0.29) is 11.4 Å². The van der Waals surface area contributed by atoms with Crippen molar-refractivity contribution in [2.45, 2.75) is 11.4 Å². The number of sulfonamides is 1. The Balaban J connectivity index is 1.68. The molecule has 0 saturated heterocycles. The van der Waals surface area contributed by atoms with Gasteiger partial charge in [-0.3, -0.25) is 4.79 Å². The summed E-state index contributed by atoms with van der Waals surface area (Å²) in [6.07, 6.45) is 2.81. The SMILES string of the molecule is COC(=O)c1ccc(/C=N\NC(=O)CN(Cc2ccco2)S(=O)(=O)c2ccccc2)cc1. The summed E-state index contributed by atoms with van der Waals surface area (Å²) in [7, 11) is -2.66. The van der Waals surface area contributed by atoms with Crippen molar-refractivity contribution in [2.75, 3.05) is 13.7 Å². The largest absolute Gasteiger partial charge is 0.468 e. The van der Waals surface area contributed by atoms with Crippen molar-refractivity contribution in [1.29, 1.82) is 0 Å². The molecule has 32 heavy (non-hydrogen) atoms. The molecule has 3 aromatic rings. The fourth-order valence-corrected chi connectivity index (χ4v) is 4.12. The molecule has 1 N–H and O–H groups in total. The van der Waals surface area contributed by atoms with E-state index in [2.05, 4.69) is 15.3 Å². The maximum absolute atomic E-state index is 13.0. The van der Waals surface area contributed by atoms with Crippen LogP contribution in [0.15, 0.2) is 87.4 Å². The first-order valence-corrected chi connectivity index (χ1v) is 10.9. The van der Waals surface area contributed by atoms with E-state index in [0.29, 0.717) is 16.9 Å². The number of amides is 1. The molecule has 0 aliphatic heterocycles. The molecule has 10 heteroatoms. The summed E-state index contributed by atoms with van der Waals surface area (Å²) in [5.74, 6) is -0.692. The molecule has 1 heterocycles. The number of carbonyl (C=O) groups excluding carboxylic acids is 2. The molecule has 0 spiro atoms. The molecule has 1 aromatic heterocycles. The smallest absolute Gasteiger partial charge is 0.337 e. The minimum Gasteiger partial charge on any atom is -0.468 e. The molecule has 0 aliphatic rings. The van der Waals surface area contributed by atoms with Gasteiger partial charge in [0.2, 0.25) is 10.0 Å². The highest BCUT2D eigenvalue weighted by Gasteiger charge is 2.27. The Bertz CT molecular complexity index is 1170. The molecule has 166 valence electrons. The van der Waals surface area contributed by atoms with Gasteiger partial charge in [-0.15, -0.1) is 0 Å². The molecule has 0 unspecified atom stereocenters. The van der Waals surface area contributed by atoms with Crippen molar-refractivity contribution < 1.29 is 27.2 Å². The fraction of sp³-hybridized carbons (Fsp3) is 0.136. The van der Waals surface area contributed by atoms with Crippen LogP contribution >= 0.6 is 0 Å². The zero-order valence-electron chi connectivity index (χ0n) is 17.2. The van der Waals surface area contributed by atoms with Crippen LogP contribution in [0.3, 0.4) is 0 Å². The Labute approximate surface area is 185 Å². The van der Waals surface area contributed by atoms with E-state index < -0.39 is 28.4 Å². The first kappa shape index (κ1) is 22.9. The summed E-state index contributed by atoms with van der Waals surface area (Å²) in [5.41, 5.74) is 3.33. The maximum atomic E-state index is 13.0. The molecule has 0 atom stereocenters. The summed E-state index contributed by atoms with van der Waals surface area (Å²) < 4.78 is 37.0. The highest BCUT2D eigenvalue weighted by atomic mass is 32.2. The molecular formula is C22H21N3O6S. The van der Waals surface area contributed by atoms with Crippen molar-refractivity contribution in [2.24, 2.45) is 5.10 Å². The predicted molar refractivity (Wildman–Crippen MR) is 116 cm³/mol. The Hall–Kier alpha value is -3.76. The van der Waals surface area contributed by atoms with Crippen LogP contribution in [0, 0.1) is 0 Å². The molecule has 2 aromatic carbocycles. The van der Waals surface area contributed by atoms with Crippen LogP contribution in [0.5, 0.6) is 0 Å². The highest BCUT2D eigenvalue weighted by molar-refractivity contribution is 7.89. The molecule has 1 amide bonds. The lowest BCUT2D eigenvalue weighted by atomic mass is 10.1. The maximum Gasteiger partial charge on any atom is 0.337 e. The van der Waals surface area contributed by atoms with Gasteiger partial charge in [0.05, 0.1) is 43.1 Å². The van der Waals surface area contributed by atoms with Crippen molar-refractivity contribution in [3.63, 3.8) is 0 Å². The third-order valence-corrected chi connectivity index (χ3v) is 6.15. The summed E-state index contributed by atoms with van der Waals surface area (Å²) in [6.45, 7) is -0.576. The monoisotopic (exact) mass is 455 g/mol. The number of benzene rings is 2. The van der Waals surface area contributed by atoms with Crippen molar-refractivity contribution in [3.05, 3.63) is 89.9 Å². The number of methoxy groups -OCH3 is 1. The van der Waals surface area contributed by atoms with Gasteiger partial charge >= 0.3 is 5.97 Å². The zero-order valence-corrected chi connectivity index (χ0v) is 18.0. The van der Waals surface area contributed by atoms with Gasteiger partial charge < -0.3 is 9.15 Å². The van der Waals surface area contributed by atoms with Crippen molar-refractivity contribution in [1.82, 2.24) is 9.73 Å². The zero-order chi connectivity index (χ0) is 23.0. The molecule has 0 aliphatic carbocycles. The van der Waals surface area contributed by atoms with Gasteiger partial charge in [0.1, 0.15) is 5.76 Å². The minimum atomic E-state index is -3.95. The van der Waals surface area contributed by atoms with Gasteiger partial charge in [0, 0.05) is 0 Å². The summed E-state index contributed by atoms with van der Waals surface area (Å²) in [4.78, 5) is 23.9. The van der Waals surface area contributed by atoms with Crippen LogP contribution in [0.2, 0.25) is 0 Å². The molecule has 0 bridgehead atoms. The number of rotatable bonds is 9. The number of hydrogen-bond donors (Lipinski definition) is 1. The van der Waals surface area contributed by atoms with E-state index in [4.69, 9.17) is 4.42 Å². The normalized spacial score (nSPS) is 11.6. The quantitative estimate of drug-likeness (QED) is 0.301. The van der Waals surface area contributed by atoms with Gasteiger partial charge in [-0.2, -0.15) is 9.41 Å². The molecule has 0 saturated carbocycles. The van der Waals surface area contributed by atoms with Crippen LogP contribution < -0.4 is 5.43 Å². The van der Waals surface area contributed by atoms with Crippen LogP contribution in [0.1, 0.15) is 21.7 Å². The summed E-state index contributed by atoms with van der Waals surface area (Å²) in [5, 5.41) is 3.86. The van der Waals surface area contributed by atoms with Crippen molar-refractivity contribution in [3.8, 4) is 0 Å². The molecule has 9 nitrogen and oxygen atoms in total. The molecular weight excluding hydrogens is 434 g/mol. The van der Waals surface area contributed by atoms with E-state index in [1.807, 2.05) is 0 Å². The number of hydrazone groups is 1. The number of nitrogens with zero attached hydrogens (tertiary/aromatic N) is 2. The van der Waals surface area contributed by atoms with Gasteiger partial charge in [-0.25, -0.2) is 18.6 Å². The molecule has 0 fully saturated rings. The van der Waals surface area contributed by atoms with Crippen LogP contribution in [-0.2, 0) is 26.1 Å². The Kier molecular flexibility index (Phi) is 7.53. The lowest BCUT2D eigenvalue weighted by Crippen LogP contribution is -2.38. The van der Waals surface area contributed by atoms with Gasteiger partial charge in [-0.1, -0.05) is 30.3 Å². The number of nitrogens with one attached hydrogen (secondary N) is 1. The lowest BCUT2D eigenvalue weighted by Gasteiger charge is -2.20. The Morgan fingerprint density at radius 1 is 1.06 bits per heavy atom.